The van der Waals surface area contributed by atoms with Gasteiger partial charge in [-0.3, -0.25) is 4.98 Å². The third-order valence-electron chi connectivity index (χ3n) is 3.23. The van der Waals surface area contributed by atoms with Crippen LogP contribution in [0.3, 0.4) is 0 Å². The highest BCUT2D eigenvalue weighted by Crippen LogP contribution is 2.23. The number of hydrogen-bond acceptors (Lipinski definition) is 4. The summed E-state index contributed by atoms with van der Waals surface area (Å²) in [5, 5.41) is 1.10. The van der Waals surface area contributed by atoms with E-state index in [0.29, 0.717) is 5.82 Å². The summed E-state index contributed by atoms with van der Waals surface area (Å²) in [5.41, 5.74) is 9.74. The number of fused-ring (bicyclic) bond motifs is 1. The molecule has 0 fully saturated rings. The normalized spacial score (nSPS) is 10.9. The van der Waals surface area contributed by atoms with Gasteiger partial charge in [-0.15, -0.1) is 0 Å². The molecule has 2 N–H and O–H groups in total. The van der Waals surface area contributed by atoms with Gasteiger partial charge < -0.3 is 5.73 Å². The summed E-state index contributed by atoms with van der Waals surface area (Å²) < 4.78 is 0. The third kappa shape index (κ3) is 2.32. The number of rotatable bonds is 2. The summed E-state index contributed by atoms with van der Waals surface area (Å²) >= 11 is 0. The second-order valence-corrected chi connectivity index (χ2v) is 4.81. The van der Waals surface area contributed by atoms with Gasteiger partial charge in [-0.05, 0) is 25.1 Å². The predicted octanol–water partition coefficient (Wildman–Crippen LogP) is 3.14. The standard InChI is InChI=1S/C16H16N4/c1-3-16-19-14(9-15(17)20-16)12-6-7-13-11(8-12)5-4-10(2)18-13/h4-9H,3H2,1-2H3,(H2,17,19,20). The summed E-state index contributed by atoms with van der Waals surface area (Å²) in [6.45, 7) is 4.01. The molecule has 0 aliphatic heterocycles. The number of hydrogen-bond donors (Lipinski definition) is 1. The van der Waals surface area contributed by atoms with Crippen molar-refractivity contribution in [2.24, 2.45) is 0 Å². The van der Waals surface area contributed by atoms with Crippen molar-refractivity contribution < 1.29 is 0 Å². The maximum absolute atomic E-state index is 5.84. The molecule has 2 heterocycles. The smallest absolute Gasteiger partial charge is 0.131 e. The molecule has 4 heteroatoms. The van der Waals surface area contributed by atoms with Gasteiger partial charge >= 0.3 is 0 Å². The summed E-state index contributed by atoms with van der Waals surface area (Å²) in [6.07, 6.45) is 0.770. The SMILES string of the molecule is CCc1nc(N)cc(-c2ccc3nc(C)ccc3c2)n1. The van der Waals surface area contributed by atoms with E-state index in [-0.39, 0.29) is 0 Å². The zero-order valence-corrected chi connectivity index (χ0v) is 11.6. The van der Waals surface area contributed by atoms with Crippen LogP contribution < -0.4 is 5.73 Å². The zero-order valence-electron chi connectivity index (χ0n) is 11.6. The maximum atomic E-state index is 5.84. The molecule has 0 aliphatic carbocycles. The van der Waals surface area contributed by atoms with Gasteiger partial charge in [-0.1, -0.05) is 19.1 Å². The highest BCUT2D eigenvalue weighted by Gasteiger charge is 2.05. The first-order chi connectivity index (χ1) is 9.65. The number of pyridine rings is 1. The molecule has 0 atom stereocenters. The molecule has 3 aromatic rings. The van der Waals surface area contributed by atoms with E-state index >= 15 is 0 Å². The molecular formula is C16H16N4. The summed E-state index contributed by atoms with van der Waals surface area (Å²) in [7, 11) is 0. The van der Waals surface area contributed by atoms with E-state index in [1.165, 1.54) is 0 Å². The first kappa shape index (κ1) is 12.5. The summed E-state index contributed by atoms with van der Waals surface area (Å²) in [4.78, 5) is 13.2. The average molecular weight is 264 g/mol. The van der Waals surface area contributed by atoms with Gasteiger partial charge in [0.25, 0.3) is 0 Å². The van der Waals surface area contributed by atoms with Crippen molar-refractivity contribution in [1.29, 1.82) is 0 Å². The largest absolute Gasteiger partial charge is 0.384 e. The van der Waals surface area contributed by atoms with Gasteiger partial charge in [0.05, 0.1) is 11.2 Å². The Kier molecular flexibility index (Phi) is 3.06. The van der Waals surface area contributed by atoms with E-state index in [4.69, 9.17) is 5.73 Å². The number of benzene rings is 1. The number of aromatic nitrogens is 3. The molecule has 20 heavy (non-hydrogen) atoms. The fourth-order valence-corrected chi connectivity index (χ4v) is 2.21. The van der Waals surface area contributed by atoms with Crippen LogP contribution in [0.15, 0.2) is 36.4 Å². The minimum absolute atomic E-state index is 0.508. The lowest BCUT2D eigenvalue weighted by Crippen LogP contribution is -2.00. The van der Waals surface area contributed by atoms with Crippen LogP contribution in [-0.4, -0.2) is 15.0 Å². The first-order valence-corrected chi connectivity index (χ1v) is 6.67. The Morgan fingerprint density at radius 3 is 2.65 bits per heavy atom. The molecule has 0 spiro atoms. The molecule has 2 aromatic heterocycles. The zero-order chi connectivity index (χ0) is 14.1. The monoisotopic (exact) mass is 264 g/mol. The molecule has 0 aliphatic rings. The van der Waals surface area contributed by atoms with Gasteiger partial charge in [-0.25, -0.2) is 9.97 Å². The van der Waals surface area contributed by atoms with Crippen LogP contribution in [0.5, 0.6) is 0 Å². The van der Waals surface area contributed by atoms with Crippen LogP contribution in [0.25, 0.3) is 22.2 Å². The van der Waals surface area contributed by atoms with Crippen LogP contribution >= 0.6 is 0 Å². The number of nitrogens with zero attached hydrogens (tertiary/aromatic N) is 3. The van der Waals surface area contributed by atoms with E-state index in [1.54, 1.807) is 0 Å². The van der Waals surface area contributed by atoms with Crippen LogP contribution in [0.2, 0.25) is 0 Å². The van der Waals surface area contributed by atoms with Gasteiger partial charge in [0.15, 0.2) is 0 Å². The molecule has 0 saturated heterocycles. The highest BCUT2D eigenvalue weighted by atomic mass is 14.9. The molecular weight excluding hydrogens is 248 g/mol. The Balaban J connectivity index is 2.14. The van der Waals surface area contributed by atoms with Gasteiger partial charge in [0, 0.05) is 29.1 Å². The lowest BCUT2D eigenvalue weighted by molar-refractivity contribution is 0.949. The quantitative estimate of drug-likeness (QED) is 0.772. The Labute approximate surface area is 117 Å². The molecule has 0 bridgehead atoms. The molecule has 100 valence electrons. The van der Waals surface area contributed by atoms with E-state index in [9.17, 15) is 0 Å². The van der Waals surface area contributed by atoms with Crippen LogP contribution in [0.4, 0.5) is 5.82 Å². The fourth-order valence-electron chi connectivity index (χ4n) is 2.21. The predicted molar refractivity (Wildman–Crippen MR) is 81.3 cm³/mol. The van der Waals surface area contributed by atoms with Crippen molar-refractivity contribution in [3.63, 3.8) is 0 Å². The van der Waals surface area contributed by atoms with Gasteiger partial charge in [-0.2, -0.15) is 0 Å². The third-order valence-corrected chi connectivity index (χ3v) is 3.23. The molecule has 0 radical (unpaired) electrons. The fraction of sp³-hybridized carbons (Fsp3) is 0.188. The number of anilines is 1. The Morgan fingerprint density at radius 1 is 1.00 bits per heavy atom. The molecule has 1 aromatic carbocycles. The highest BCUT2D eigenvalue weighted by molar-refractivity contribution is 5.84. The topological polar surface area (TPSA) is 64.7 Å². The minimum atomic E-state index is 0.508. The summed E-state index contributed by atoms with van der Waals surface area (Å²) in [6, 6.07) is 12.0. The van der Waals surface area contributed by atoms with Crippen LogP contribution in [0, 0.1) is 6.92 Å². The van der Waals surface area contributed by atoms with E-state index < -0.39 is 0 Å². The van der Waals surface area contributed by atoms with Crippen molar-refractivity contribution in [3.05, 3.63) is 47.9 Å². The van der Waals surface area contributed by atoms with Crippen molar-refractivity contribution in [3.8, 4) is 11.3 Å². The molecule has 0 saturated carbocycles. The van der Waals surface area contributed by atoms with Gasteiger partial charge in [0.1, 0.15) is 11.6 Å². The van der Waals surface area contributed by atoms with Crippen molar-refractivity contribution in [2.75, 3.05) is 5.73 Å². The Morgan fingerprint density at radius 2 is 1.85 bits per heavy atom. The van der Waals surface area contributed by atoms with E-state index in [0.717, 1.165) is 40.1 Å². The number of nitrogens with two attached hydrogens (primary N) is 1. The minimum Gasteiger partial charge on any atom is -0.384 e. The second kappa shape index (κ2) is 4.89. The maximum Gasteiger partial charge on any atom is 0.131 e. The number of aryl methyl sites for hydroxylation is 2. The van der Waals surface area contributed by atoms with Crippen LogP contribution in [-0.2, 0) is 6.42 Å². The lowest BCUT2D eigenvalue weighted by Gasteiger charge is -2.06. The summed E-state index contributed by atoms with van der Waals surface area (Å²) in [5.74, 6) is 1.27. The molecule has 4 nitrogen and oxygen atoms in total. The average Bonchev–Trinajstić information content (AvgIpc) is 2.46. The molecule has 0 unspecified atom stereocenters. The van der Waals surface area contributed by atoms with Crippen LogP contribution in [0.1, 0.15) is 18.4 Å². The molecule has 0 amide bonds. The first-order valence-electron chi connectivity index (χ1n) is 6.67. The van der Waals surface area contributed by atoms with Crippen molar-refractivity contribution in [2.45, 2.75) is 20.3 Å². The lowest BCUT2D eigenvalue weighted by atomic mass is 10.1. The van der Waals surface area contributed by atoms with Crippen molar-refractivity contribution >= 4 is 16.7 Å². The number of nitrogen functional groups attached to an aromatic ring is 1. The Hall–Kier alpha value is -2.49. The van der Waals surface area contributed by atoms with Gasteiger partial charge in [0.2, 0.25) is 0 Å². The Bertz CT molecular complexity index is 781. The van der Waals surface area contributed by atoms with Crippen molar-refractivity contribution in [1.82, 2.24) is 15.0 Å². The second-order valence-electron chi connectivity index (χ2n) is 4.81. The van der Waals surface area contributed by atoms with E-state index in [1.807, 2.05) is 38.1 Å². The molecule has 3 rings (SSSR count). The van der Waals surface area contributed by atoms with E-state index in [2.05, 4.69) is 27.1 Å².